The normalized spacial score (nSPS) is 21.9. The second kappa shape index (κ2) is 8.26. The molecule has 0 amide bonds. The van der Waals surface area contributed by atoms with Gasteiger partial charge in [0.1, 0.15) is 6.35 Å². The number of aromatic nitrogens is 4. The molecule has 3 N–H and O–H groups in total. The Hall–Kier alpha value is -2.27. The number of nitrogen functional groups attached to an aromatic ring is 1. The van der Waals surface area contributed by atoms with Crippen LogP contribution in [0, 0.1) is 17.9 Å². The van der Waals surface area contributed by atoms with Crippen molar-refractivity contribution in [1.82, 2.24) is 19.5 Å². The number of hydrogen-bond acceptors (Lipinski definition) is 11. The Bertz CT molecular complexity index is 1060. The van der Waals surface area contributed by atoms with Crippen LogP contribution in [0.1, 0.15) is 41.0 Å². The zero-order chi connectivity index (χ0) is 23.9. The predicted molar refractivity (Wildman–Crippen MR) is 114 cm³/mol. The second-order valence-electron chi connectivity index (χ2n) is 9.45. The molecule has 0 bridgehead atoms. The molecule has 12 nitrogen and oxygen atoms in total. The summed E-state index contributed by atoms with van der Waals surface area (Å²) in [6.07, 6.45) is 1.74. The molecule has 2 unspecified atom stereocenters. The Morgan fingerprint density at radius 2 is 2.03 bits per heavy atom. The van der Waals surface area contributed by atoms with Gasteiger partial charge in [0.25, 0.3) is 0 Å². The minimum atomic E-state index is -3.80. The van der Waals surface area contributed by atoms with Crippen LogP contribution >= 0.6 is 7.60 Å². The average molecular weight is 470 g/mol. The lowest BCUT2D eigenvalue weighted by molar-refractivity contribution is -0.160. The molecule has 1 aliphatic carbocycles. The molecular weight excluding hydrogens is 441 g/mol. The number of aromatic hydroxyl groups is 1. The highest BCUT2D eigenvalue weighted by Crippen LogP contribution is 2.61. The van der Waals surface area contributed by atoms with E-state index in [1.54, 1.807) is 25.3 Å². The molecule has 1 radical (unpaired) electrons. The number of nitrogens with zero attached hydrogens (tertiary/aromatic N) is 4. The molecule has 13 heteroatoms. The Morgan fingerprint density at radius 1 is 1.38 bits per heavy atom. The van der Waals surface area contributed by atoms with Crippen LogP contribution in [0.5, 0.6) is 5.88 Å². The summed E-state index contributed by atoms with van der Waals surface area (Å²) < 4.78 is 35.6. The van der Waals surface area contributed by atoms with Crippen LogP contribution in [-0.4, -0.2) is 49.3 Å². The van der Waals surface area contributed by atoms with Crippen molar-refractivity contribution in [2.24, 2.45) is 10.8 Å². The van der Waals surface area contributed by atoms with Gasteiger partial charge >= 0.3 is 13.6 Å². The number of esters is 1. The first-order valence-electron chi connectivity index (χ1n) is 9.88. The van der Waals surface area contributed by atoms with Crippen LogP contribution in [0.3, 0.4) is 0 Å². The molecule has 0 aromatic carbocycles. The van der Waals surface area contributed by atoms with Crippen LogP contribution in [0.2, 0.25) is 0 Å². The highest BCUT2D eigenvalue weighted by Gasteiger charge is 2.63. The third-order valence-corrected chi connectivity index (χ3v) is 6.81. The van der Waals surface area contributed by atoms with Gasteiger partial charge in [0, 0.05) is 0 Å². The zero-order valence-corrected chi connectivity index (χ0v) is 19.7. The lowest BCUT2D eigenvalue weighted by Crippen LogP contribution is -2.28. The summed E-state index contributed by atoms with van der Waals surface area (Å²) in [7, 11) is -0.581. The number of hydrogen-bond donors (Lipinski definition) is 2. The maximum Gasteiger partial charge on any atom is 0.359 e. The second-order valence-corrected chi connectivity index (χ2v) is 11.4. The smallest absolute Gasteiger partial charge is 0.359 e. The van der Waals surface area contributed by atoms with Crippen LogP contribution < -0.4 is 5.73 Å². The van der Waals surface area contributed by atoms with Gasteiger partial charge in [0.2, 0.25) is 18.6 Å². The number of ether oxygens (including phenoxy) is 2. The maximum absolute atomic E-state index is 12.9. The minimum Gasteiger partial charge on any atom is -0.492 e. The zero-order valence-electron chi connectivity index (χ0n) is 18.8. The summed E-state index contributed by atoms with van der Waals surface area (Å²) in [6, 6.07) is 0. The molecular formula is C19H29N5O7P. The Labute approximate surface area is 186 Å². The van der Waals surface area contributed by atoms with Crippen molar-refractivity contribution < 1.29 is 33.0 Å². The summed E-state index contributed by atoms with van der Waals surface area (Å²) in [5.74, 6) is -0.912. The number of rotatable bonds is 9. The summed E-state index contributed by atoms with van der Waals surface area (Å²) in [5.41, 5.74) is 4.47. The Kier molecular flexibility index (Phi) is 6.29. The third-order valence-electron chi connectivity index (χ3n) is 5.47. The summed E-state index contributed by atoms with van der Waals surface area (Å²) >= 11 is 0. The quantitative estimate of drug-likeness (QED) is 0.315. The van der Waals surface area contributed by atoms with E-state index < -0.39 is 37.7 Å². The Balaban J connectivity index is 1.70. The first-order chi connectivity index (χ1) is 14.7. The van der Waals surface area contributed by atoms with Crippen molar-refractivity contribution in [3.63, 3.8) is 0 Å². The van der Waals surface area contributed by atoms with E-state index in [1.807, 2.05) is 13.8 Å². The molecule has 2 aromatic rings. The van der Waals surface area contributed by atoms with Crippen LogP contribution in [-0.2, 0) is 34.4 Å². The SMILES string of the molecule is [CH2]OP(=O)(COC1(Cn2cnc3c(O)nc(N)nc32)CC1(C)C)OCOC(=O)C(C)(C)C. The molecule has 32 heavy (non-hydrogen) atoms. The van der Waals surface area contributed by atoms with E-state index in [9.17, 15) is 14.5 Å². The maximum atomic E-state index is 12.9. The first-order valence-corrected chi connectivity index (χ1v) is 11.6. The fraction of sp³-hybridized carbons (Fsp3) is 0.632. The molecule has 1 fully saturated rings. The van der Waals surface area contributed by atoms with Crippen molar-refractivity contribution in [2.45, 2.75) is 53.2 Å². The summed E-state index contributed by atoms with van der Waals surface area (Å²) in [5, 5.41) is 9.94. The molecule has 2 atom stereocenters. The van der Waals surface area contributed by atoms with Crippen molar-refractivity contribution >= 4 is 30.7 Å². The van der Waals surface area contributed by atoms with Crippen LogP contribution in [0.25, 0.3) is 11.2 Å². The van der Waals surface area contributed by atoms with E-state index in [0.717, 1.165) is 0 Å². The van der Waals surface area contributed by atoms with Gasteiger partial charge in [-0.15, -0.1) is 0 Å². The monoisotopic (exact) mass is 470 g/mol. The van der Waals surface area contributed by atoms with E-state index in [1.165, 1.54) is 6.33 Å². The lowest BCUT2D eigenvalue weighted by Gasteiger charge is -2.25. The molecule has 177 valence electrons. The number of carbonyl (C=O) groups is 1. The fourth-order valence-electron chi connectivity index (χ4n) is 3.26. The van der Waals surface area contributed by atoms with Gasteiger partial charge in [0.15, 0.2) is 11.2 Å². The van der Waals surface area contributed by atoms with Gasteiger partial charge in [-0.3, -0.25) is 13.9 Å². The number of nitrogens with two attached hydrogens (primary N) is 1. The van der Waals surface area contributed by atoms with Gasteiger partial charge in [-0.2, -0.15) is 9.97 Å². The van der Waals surface area contributed by atoms with Crippen molar-refractivity contribution in [3.8, 4) is 5.88 Å². The van der Waals surface area contributed by atoms with Gasteiger partial charge < -0.3 is 29.4 Å². The van der Waals surface area contributed by atoms with E-state index in [0.29, 0.717) is 18.6 Å². The number of anilines is 1. The van der Waals surface area contributed by atoms with Crippen molar-refractivity contribution in [1.29, 1.82) is 0 Å². The molecule has 1 aliphatic rings. The topological polar surface area (TPSA) is 161 Å². The highest BCUT2D eigenvalue weighted by molar-refractivity contribution is 7.53. The molecule has 2 aromatic heterocycles. The summed E-state index contributed by atoms with van der Waals surface area (Å²) in [6.45, 7) is 8.80. The van der Waals surface area contributed by atoms with E-state index in [-0.39, 0.29) is 22.8 Å². The molecule has 3 rings (SSSR count). The largest absolute Gasteiger partial charge is 0.492 e. The molecule has 1 saturated carbocycles. The third kappa shape index (κ3) is 4.88. The van der Waals surface area contributed by atoms with Gasteiger partial charge in [-0.1, -0.05) is 13.8 Å². The number of carbonyl (C=O) groups excluding carboxylic acids is 1. The average Bonchev–Trinajstić information content (AvgIpc) is 3.00. The van der Waals surface area contributed by atoms with Gasteiger partial charge in [0.05, 0.1) is 31.0 Å². The molecule has 0 spiro atoms. The number of imidazole rings is 1. The minimum absolute atomic E-state index is 0.0880. The van der Waals surface area contributed by atoms with E-state index >= 15 is 0 Å². The van der Waals surface area contributed by atoms with Crippen LogP contribution in [0.4, 0.5) is 5.95 Å². The molecule has 2 heterocycles. The Morgan fingerprint density at radius 3 is 2.59 bits per heavy atom. The van der Waals surface area contributed by atoms with E-state index in [2.05, 4.69) is 22.1 Å². The fourth-order valence-corrected chi connectivity index (χ4v) is 4.10. The van der Waals surface area contributed by atoms with Gasteiger partial charge in [-0.05, 0) is 32.6 Å². The predicted octanol–water partition coefficient (Wildman–Crippen LogP) is 2.82. The van der Waals surface area contributed by atoms with Crippen molar-refractivity contribution in [3.05, 3.63) is 13.4 Å². The van der Waals surface area contributed by atoms with E-state index in [4.69, 9.17) is 24.3 Å². The van der Waals surface area contributed by atoms with Gasteiger partial charge in [-0.25, -0.2) is 4.98 Å². The summed E-state index contributed by atoms with van der Waals surface area (Å²) in [4.78, 5) is 23.8. The number of fused-ring (bicyclic) bond motifs is 1. The molecule has 0 aliphatic heterocycles. The first kappa shape index (κ1) is 24.4. The lowest BCUT2D eigenvalue weighted by atomic mass is 9.98. The standard InChI is InChI=1S/C19H29N5O7P/c1-17(2,3)15(26)29-10-31-32(27,28-6)11-30-19(7-18(19,4)5)8-24-9-21-12-13(24)22-16(20)23-14(12)25/h9H,6-8,10-11H2,1-5H3,(H3,20,22,23,25). The highest BCUT2D eigenvalue weighted by atomic mass is 31.2. The van der Waals surface area contributed by atoms with Crippen molar-refractivity contribution in [2.75, 3.05) is 18.9 Å². The van der Waals surface area contributed by atoms with Crippen LogP contribution in [0.15, 0.2) is 6.33 Å². The molecule has 0 saturated heterocycles.